The Balaban J connectivity index is 1.70. The second-order valence-corrected chi connectivity index (χ2v) is 7.29. The number of hydrogen-bond acceptors (Lipinski definition) is 5. The lowest BCUT2D eigenvalue weighted by Crippen LogP contribution is -2.30. The van der Waals surface area contributed by atoms with Gasteiger partial charge in [0.2, 0.25) is 0 Å². The van der Waals surface area contributed by atoms with Crippen LogP contribution in [0.3, 0.4) is 0 Å². The summed E-state index contributed by atoms with van der Waals surface area (Å²) in [5.41, 5.74) is 1.86. The van der Waals surface area contributed by atoms with Crippen molar-refractivity contribution in [2.75, 3.05) is 18.9 Å². The average molecular weight is 388 g/mol. The van der Waals surface area contributed by atoms with E-state index in [0.29, 0.717) is 23.4 Å². The molecule has 0 bridgehead atoms. The van der Waals surface area contributed by atoms with Crippen LogP contribution >= 0.6 is 11.8 Å². The summed E-state index contributed by atoms with van der Waals surface area (Å²) in [5, 5.41) is 2.73. The van der Waals surface area contributed by atoms with Gasteiger partial charge in [-0.3, -0.25) is 9.59 Å². The molecule has 0 saturated carbocycles. The number of Topliss-reactive ketones (excluding diaryl/α,β-unsaturated/α-hetero) is 1. The zero-order chi connectivity index (χ0) is 19.8. The highest BCUT2D eigenvalue weighted by Gasteiger charge is 2.21. The highest BCUT2D eigenvalue weighted by molar-refractivity contribution is 7.99. The number of hydrogen-bond donors (Lipinski definition) is 2. The number of rotatable bonds is 9. The highest BCUT2D eigenvalue weighted by atomic mass is 32.2. The van der Waals surface area contributed by atoms with Gasteiger partial charge in [-0.05, 0) is 50.6 Å². The molecule has 0 aliphatic carbocycles. The number of benzene rings is 1. The molecule has 0 fully saturated rings. The monoisotopic (exact) mass is 388 g/mol. The number of esters is 1. The van der Waals surface area contributed by atoms with Gasteiger partial charge in [-0.15, -0.1) is 11.8 Å². The van der Waals surface area contributed by atoms with Crippen LogP contribution in [-0.4, -0.2) is 41.5 Å². The smallest absolute Gasteiger partial charge is 0.355 e. The van der Waals surface area contributed by atoms with Crippen molar-refractivity contribution in [1.29, 1.82) is 0 Å². The Labute approximate surface area is 163 Å². The van der Waals surface area contributed by atoms with Crippen molar-refractivity contribution in [3.8, 4) is 0 Å². The third-order valence-electron chi connectivity index (χ3n) is 3.98. The maximum atomic E-state index is 12.1. The van der Waals surface area contributed by atoms with Gasteiger partial charge < -0.3 is 15.0 Å². The lowest BCUT2D eigenvalue weighted by Gasteiger charge is -2.07. The predicted octanol–water partition coefficient (Wildman–Crippen LogP) is 3.29. The molecule has 0 radical (unpaired) electrons. The Morgan fingerprint density at radius 3 is 2.48 bits per heavy atom. The van der Waals surface area contributed by atoms with E-state index in [0.717, 1.165) is 12.2 Å². The minimum Gasteiger partial charge on any atom is -0.451 e. The Morgan fingerprint density at radius 1 is 1.15 bits per heavy atom. The lowest BCUT2D eigenvalue weighted by molar-refractivity contribution is -0.124. The third kappa shape index (κ3) is 5.99. The summed E-state index contributed by atoms with van der Waals surface area (Å²) in [6.07, 6.45) is 0.816. The van der Waals surface area contributed by atoms with Crippen molar-refractivity contribution in [1.82, 2.24) is 10.3 Å². The van der Waals surface area contributed by atoms with Crippen molar-refractivity contribution in [3.63, 3.8) is 0 Å². The van der Waals surface area contributed by atoms with Gasteiger partial charge >= 0.3 is 5.97 Å². The van der Waals surface area contributed by atoms with Gasteiger partial charge in [0.25, 0.3) is 5.91 Å². The van der Waals surface area contributed by atoms with Gasteiger partial charge in [0.15, 0.2) is 12.4 Å². The standard InChI is InChI=1S/C20H24N2O4S/c1-13-18(15(3)23)14(2)22-19(13)20(25)26-12-17(24)21-10-7-11-27-16-8-5-4-6-9-16/h4-6,8-9,22H,7,10-12H2,1-3H3,(H,21,24). The summed E-state index contributed by atoms with van der Waals surface area (Å²) in [5.74, 6) is -0.219. The number of carbonyl (C=O) groups excluding carboxylic acids is 3. The van der Waals surface area contributed by atoms with Crippen LogP contribution in [0.4, 0.5) is 0 Å². The molecule has 1 heterocycles. The Bertz CT molecular complexity index is 815. The summed E-state index contributed by atoms with van der Waals surface area (Å²) in [6, 6.07) is 10.0. The van der Waals surface area contributed by atoms with Crippen molar-refractivity contribution >= 4 is 29.4 Å². The molecule has 0 spiro atoms. The van der Waals surface area contributed by atoms with E-state index in [-0.39, 0.29) is 24.0 Å². The first-order chi connectivity index (χ1) is 12.9. The summed E-state index contributed by atoms with van der Waals surface area (Å²) in [7, 11) is 0. The van der Waals surface area contributed by atoms with E-state index in [2.05, 4.69) is 10.3 Å². The van der Waals surface area contributed by atoms with Crippen LogP contribution in [0.1, 0.15) is 45.4 Å². The maximum Gasteiger partial charge on any atom is 0.355 e. The van der Waals surface area contributed by atoms with Gasteiger partial charge in [0.05, 0.1) is 0 Å². The fraction of sp³-hybridized carbons (Fsp3) is 0.350. The van der Waals surface area contributed by atoms with Crippen LogP contribution in [0, 0.1) is 13.8 Å². The molecule has 0 atom stereocenters. The van der Waals surface area contributed by atoms with Crippen molar-refractivity contribution in [3.05, 3.63) is 52.8 Å². The van der Waals surface area contributed by atoms with E-state index < -0.39 is 5.97 Å². The largest absolute Gasteiger partial charge is 0.451 e. The number of aromatic amines is 1. The maximum absolute atomic E-state index is 12.1. The quantitative estimate of drug-likeness (QED) is 0.298. The number of carbonyl (C=O) groups is 3. The highest BCUT2D eigenvalue weighted by Crippen LogP contribution is 2.19. The molecule has 144 valence electrons. The number of ketones is 1. The molecule has 6 nitrogen and oxygen atoms in total. The summed E-state index contributed by atoms with van der Waals surface area (Å²) < 4.78 is 5.05. The molecule has 0 aliphatic heterocycles. The number of thioether (sulfide) groups is 1. The SMILES string of the molecule is CC(=O)c1c(C)[nH]c(C(=O)OCC(=O)NCCCSc2ccccc2)c1C. The third-order valence-corrected chi connectivity index (χ3v) is 5.08. The molecule has 1 aromatic carbocycles. The number of ether oxygens (including phenoxy) is 1. The van der Waals surface area contributed by atoms with E-state index in [1.54, 1.807) is 25.6 Å². The van der Waals surface area contributed by atoms with Gasteiger partial charge in [-0.1, -0.05) is 18.2 Å². The second-order valence-electron chi connectivity index (χ2n) is 6.12. The average Bonchev–Trinajstić information content (AvgIpc) is 2.94. The van der Waals surface area contributed by atoms with Crippen molar-refractivity contribution in [2.45, 2.75) is 32.1 Å². The Kier molecular flexibility index (Phi) is 7.67. The molecule has 0 aliphatic rings. The zero-order valence-corrected chi connectivity index (χ0v) is 16.6. The van der Waals surface area contributed by atoms with E-state index in [4.69, 9.17) is 4.74 Å². The second kappa shape index (κ2) is 9.97. The Morgan fingerprint density at radius 2 is 1.85 bits per heavy atom. The predicted molar refractivity (Wildman–Crippen MR) is 105 cm³/mol. The normalized spacial score (nSPS) is 10.5. The lowest BCUT2D eigenvalue weighted by atomic mass is 10.1. The van der Waals surface area contributed by atoms with Gasteiger partial charge in [-0.2, -0.15) is 0 Å². The molecule has 0 saturated heterocycles. The fourth-order valence-corrected chi connectivity index (χ4v) is 3.62. The summed E-state index contributed by atoms with van der Waals surface area (Å²) in [6.45, 7) is 5.02. The van der Waals surface area contributed by atoms with Gasteiger partial charge in [0, 0.05) is 22.7 Å². The molecular weight excluding hydrogens is 364 g/mol. The Hall–Kier alpha value is -2.54. The molecule has 0 unspecified atom stereocenters. The van der Waals surface area contributed by atoms with Gasteiger partial charge in [0.1, 0.15) is 5.69 Å². The minimum atomic E-state index is -0.641. The molecule has 1 amide bonds. The topological polar surface area (TPSA) is 88.3 Å². The van der Waals surface area contributed by atoms with E-state index >= 15 is 0 Å². The van der Waals surface area contributed by atoms with E-state index in [1.165, 1.54) is 11.8 Å². The van der Waals surface area contributed by atoms with E-state index in [9.17, 15) is 14.4 Å². The van der Waals surface area contributed by atoms with Crippen LogP contribution in [0.2, 0.25) is 0 Å². The molecule has 2 rings (SSSR count). The number of H-pyrrole nitrogens is 1. The minimum absolute atomic E-state index is 0.119. The van der Waals surface area contributed by atoms with Crippen LogP contribution in [0.5, 0.6) is 0 Å². The van der Waals surface area contributed by atoms with E-state index in [1.807, 2.05) is 30.3 Å². The number of amides is 1. The number of aromatic nitrogens is 1. The number of aryl methyl sites for hydroxylation is 1. The summed E-state index contributed by atoms with van der Waals surface area (Å²) in [4.78, 5) is 39.6. The van der Waals surface area contributed by atoms with Crippen LogP contribution < -0.4 is 5.32 Å². The molecule has 2 aromatic rings. The first-order valence-electron chi connectivity index (χ1n) is 8.72. The number of nitrogens with one attached hydrogen (secondary N) is 2. The first kappa shape index (κ1) is 20.8. The molecule has 1 aromatic heterocycles. The fourth-order valence-electron chi connectivity index (χ4n) is 2.74. The molecule has 7 heteroatoms. The molecule has 27 heavy (non-hydrogen) atoms. The molecular formula is C20H24N2O4S. The molecule has 2 N–H and O–H groups in total. The van der Waals surface area contributed by atoms with Crippen LogP contribution in [0.25, 0.3) is 0 Å². The van der Waals surface area contributed by atoms with Gasteiger partial charge in [-0.25, -0.2) is 4.79 Å². The van der Waals surface area contributed by atoms with Crippen LogP contribution in [0.15, 0.2) is 35.2 Å². The first-order valence-corrected chi connectivity index (χ1v) is 9.70. The summed E-state index contributed by atoms with van der Waals surface area (Å²) >= 11 is 1.73. The van der Waals surface area contributed by atoms with Crippen molar-refractivity contribution in [2.24, 2.45) is 0 Å². The zero-order valence-electron chi connectivity index (χ0n) is 15.8. The van der Waals surface area contributed by atoms with Crippen LogP contribution in [-0.2, 0) is 9.53 Å². The van der Waals surface area contributed by atoms with Crippen molar-refractivity contribution < 1.29 is 19.1 Å².